The van der Waals surface area contributed by atoms with E-state index in [1.165, 1.54) is 25.4 Å². The molecule has 1 aromatic heterocycles. The van der Waals surface area contributed by atoms with Gasteiger partial charge in [-0.3, -0.25) is 0 Å². The lowest BCUT2D eigenvalue weighted by Gasteiger charge is -2.09. The highest BCUT2D eigenvalue weighted by Gasteiger charge is 2.13. The molecule has 0 aliphatic carbocycles. The van der Waals surface area contributed by atoms with E-state index in [1.54, 1.807) is 24.3 Å². The number of rotatable bonds is 4. The molecule has 0 atom stereocenters. The number of nitrogens with one attached hydrogen (secondary N) is 1. The van der Waals surface area contributed by atoms with Crippen LogP contribution in [0.15, 0.2) is 42.6 Å². The van der Waals surface area contributed by atoms with Gasteiger partial charge in [0.05, 0.1) is 12.7 Å². The molecule has 1 aromatic carbocycles. The molecule has 0 fully saturated rings. The molecule has 0 saturated heterocycles. The summed E-state index contributed by atoms with van der Waals surface area (Å²) in [6.07, 6.45) is 1.52. The summed E-state index contributed by atoms with van der Waals surface area (Å²) in [4.78, 5) is 26.6. The van der Waals surface area contributed by atoms with Crippen molar-refractivity contribution in [2.24, 2.45) is 0 Å². The standard InChI is InChI=1S/C14H12N2O4/c1-20-14(19)11-6-3-7-15-12(11)16-10-5-2-4-9(8-10)13(17)18/h2-8H,1H3,(H,15,16)(H,17,18). The van der Waals surface area contributed by atoms with Gasteiger partial charge in [0.2, 0.25) is 0 Å². The van der Waals surface area contributed by atoms with Crippen LogP contribution in [0.4, 0.5) is 11.5 Å². The molecule has 2 N–H and O–H groups in total. The summed E-state index contributed by atoms with van der Waals surface area (Å²) in [5, 5.41) is 11.8. The maximum Gasteiger partial charge on any atom is 0.341 e. The van der Waals surface area contributed by atoms with Crippen LogP contribution < -0.4 is 5.32 Å². The predicted molar refractivity (Wildman–Crippen MR) is 72.3 cm³/mol. The van der Waals surface area contributed by atoms with Crippen LogP contribution in [0.3, 0.4) is 0 Å². The van der Waals surface area contributed by atoms with Gasteiger partial charge in [0.15, 0.2) is 0 Å². The van der Waals surface area contributed by atoms with Gasteiger partial charge in [-0.2, -0.15) is 0 Å². The number of carboxylic acids is 1. The fourth-order valence-electron chi connectivity index (χ4n) is 1.65. The second kappa shape index (κ2) is 5.83. The van der Waals surface area contributed by atoms with Crippen molar-refractivity contribution in [1.82, 2.24) is 4.98 Å². The summed E-state index contributed by atoms with van der Waals surface area (Å²) in [5.74, 6) is -1.24. The van der Waals surface area contributed by atoms with E-state index in [2.05, 4.69) is 15.0 Å². The fourth-order valence-corrected chi connectivity index (χ4v) is 1.65. The number of carboxylic acid groups (broad SMARTS) is 1. The Morgan fingerprint density at radius 1 is 1.25 bits per heavy atom. The number of benzene rings is 1. The summed E-state index contributed by atoms with van der Waals surface area (Å²) >= 11 is 0. The molecule has 1 heterocycles. The van der Waals surface area contributed by atoms with Crippen LogP contribution in [-0.2, 0) is 4.74 Å². The zero-order valence-corrected chi connectivity index (χ0v) is 10.7. The zero-order chi connectivity index (χ0) is 14.5. The van der Waals surface area contributed by atoms with Gasteiger partial charge in [0.25, 0.3) is 0 Å². The Morgan fingerprint density at radius 2 is 2.05 bits per heavy atom. The molecule has 6 nitrogen and oxygen atoms in total. The molecule has 20 heavy (non-hydrogen) atoms. The van der Waals surface area contributed by atoms with Crippen LogP contribution in [0.1, 0.15) is 20.7 Å². The maximum absolute atomic E-state index is 11.6. The Morgan fingerprint density at radius 3 is 2.75 bits per heavy atom. The van der Waals surface area contributed by atoms with E-state index in [4.69, 9.17) is 5.11 Å². The lowest BCUT2D eigenvalue weighted by atomic mass is 10.2. The van der Waals surface area contributed by atoms with Gasteiger partial charge in [-0.05, 0) is 30.3 Å². The number of nitrogens with zero attached hydrogens (tertiary/aromatic N) is 1. The molecule has 0 unspecified atom stereocenters. The van der Waals surface area contributed by atoms with E-state index in [1.807, 2.05) is 0 Å². The number of carbonyl (C=O) groups is 2. The van der Waals surface area contributed by atoms with Gasteiger partial charge >= 0.3 is 11.9 Å². The van der Waals surface area contributed by atoms with Crippen molar-refractivity contribution in [3.63, 3.8) is 0 Å². The third-order valence-electron chi connectivity index (χ3n) is 2.59. The molecule has 102 valence electrons. The second-order valence-electron chi connectivity index (χ2n) is 3.90. The summed E-state index contributed by atoms with van der Waals surface area (Å²) < 4.78 is 4.66. The number of ether oxygens (including phenoxy) is 1. The predicted octanol–water partition coefficient (Wildman–Crippen LogP) is 2.31. The SMILES string of the molecule is COC(=O)c1cccnc1Nc1cccc(C(=O)O)c1. The highest BCUT2D eigenvalue weighted by atomic mass is 16.5. The van der Waals surface area contributed by atoms with Gasteiger partial charge in [0.1, 0.15) is 11.4 Å². The topological polar surface area (TPSA) is 88.5 Å². The van der Waals surface area contributed by atoms with E-state index in [-0.39, 0.29) is 11.1 Å². The molecule has 0 aliphatic heterocycles. The van der Waals surface area contributed by atoms with Crippen molar-refractivity contribution in [3.8, 4) is 0 Å². The third kappa shape index (κ3) is 2.92. The van der Waals surface area contributed by atoms with E-state index < -0.39 is 11.9 Å². The number of pyridine rings is 1. The minimum Gasteiger partial charge on any atom is -0.478 e. The maximum atomic E-state index is 11.6. The first-order valence-electron chi connectivity index (χ1n) is 5.75. The Hall–Kier alpha value is -2.89. The molecular formula is C14H12N2O4. The summed E-state index contributed by atoms with van der Waals surface area (Å²) in [6, 6.07) is 9.41. The number of hydrogen-bond donors (Lipinski definition) is 2. The number of esters is 1. The quantitative estimate of drug-likeness (QED) is 0.830. The molecule has 0 radical (unpaired) electrons. The lowest BCUT2D eigenvalue weighted by molar-refractivity contribution is 0.0600. The fraction of sp³-hybridized carbons (Fsp3) is 0.0714. The highest BCUT2D eigenvalue weighted by Crippen LogP contribution is 2.20. The van der Waals surface area contributed by atoms with Gasteiger partial charge in [-0.15, -0.1) is 0 Å². The van der Waals surface area contributed by atoms with Crippen LogP contribution in [0.2, 0.25) is 0 Å². The number of aromatic nitrogens is 1. The van der Waals surface area contributed by atoms with Crippen LogP contribution in [0, 0.1) is 0 Å². The van der Waals surface area contributed by atoms with Crippen molar-refractivity contribution in [2.45, 2.75) is 0 Å². The molecule has 0 bridgehead atoms. The van der Waals surface area contributed by atoms with E-state index in [9.17, 15) is 9.59 Å². The van der Waals surface area contributed by atoms with Crippen LogP contribution in [-0.4, -0.2) is 29.1 Å². The number of hydrogen-bond acceptors (Lipinski definition) is 5. The zero-order valence-electron chi connectivity index (χ0n) is 10.7. The second-order valence-corrected chi connectivity index (χ2v) is 3.90. The molecule has 2 rings (SSSR count). The van der Waals surface area contributed by atoms with Crippen LogP contribution >= 0.6 is 0 Å². The Labute approximate surface area is 115 Å². The van der Waals surface area contributed by atoms with Crippen LogP contribution in [0.5, 0.6) is 0 Å². The highest BCUT2D eigenvalue weighted by molar-refractivity contribution is 5.95. The minimum absolute atomic E-state index is 0.144. The van der Waals surface area contributed by atoms with E-state index >= 15 is 0 Å². The molecule has 0 spiro atoms. The minimum atomic E-state index is -1.03. The van der Waals surface area contributed by atoms with E-state index in [0.717, 1.165) is 0 Å². The van der Waals surface area contributed by atoms with Crippen molar-refractivity contribution >= 4 is 23.4 Å². The monoisotopic (exact) mass is 272 g/mol. The number of aromatic carboxylic acids is 1. The molecular weight excluding hydrogens is 260 g/mol. The lowest BCUT2D eigenvalue weighted by Crippen LogP contribution is -2.07. The molecule has 0 aliphatic rings. The molecule has 2 aromatic rings. The summed E-state index contributed by atoms with van der Waals surface area (Å²) in [6.45, 7) is 0. The molecule has 0 amide bonds. The van der Waals surface area contributed by atoms with Crippen molar-refractivity contribution in [1.29, 1.82) is 0 Å². The van der Waals surface area contributed by atoms with Gasteiger partial charge in [-0.1, -0.05) is 6.07 Å². The number of methoxy groups -OCH3 is 1. The number of carbonyl (C=O) groups excluding carboxylic acids is 1. The van der Waals surface area contributed by atoms with Gasteiger partial charge in [-0.25, -0.2) is 14.6 Å². The first kappa shape index (κ1) is 13.5. The Bertz CT molecular complexity index is 655. The average Bonchev–Trinajstić information content (AvgIpc) is 2.47. The normalized spacial score (nSPS) is 9.85. The average molecular weight is 272 g/mol. The third-order valence-corrected chi connectivity index (χ3v) is 2.59. The van der Waals surface area contributed by atoms with Crippen molar-refractivity contribution in [3.05, 3.63) is 53.7 Å². The largest absolute Gasteiger partial charge is 0.478 e. The van der Waals surface area contributed by atoms with Crippen molar-refractivity contribution in [2.75, 3.05) is 12.4 Å². The Kier molecular flexibility index (Phi) is 3.95. The van der Waals surface area contributed by atoms with Crippen molar-refractivity contribution < 1.29 is 19.4 Å². The van der Waals surface area contributed by atoms with Gasteiger partial charge in [0, 0.05) is 11.9 Å². The molecule has 6 heteroatoms. The smallest absolute Gasteiger partial charge is 0.341 e. The summed E-state index contributed by atoms with van der Waals surface area (Å²) in [7, 11) is 1.28. The first-order chi connectivity index (χ1) is 9.61. The molecule has 0 saturated carbocycles. The Balaban J connectivity index is 2.33. The number of anilines is 2. The summed E-state index contributed by atoms with van der Waals surface area (Å²) in [5.41, 5.74) is 0.940. The van der Waals surface area contributed by atoms with Crippen LogP contribution in [0.25, 0.3) is 0 Å². The van der Waals surface area contributed by atoms with E-state index in [0.29, 0.717) is 11.5 Å². The first-order valence-corrected chi connectivity index (χ1v) is 5.75. The van der Waals surface area contributed by atoms with Gasteiger partial charge < -0.3 is 15.2 Å².